The molecule has 29 heavy (non-hydrogen) atoms. The number of Topliss-reactive ketones (excluding diaryl/α,β-unsaturated/α-hetero) is 1. The van der Waals surface area contributed by atoms with Gasteiger partial charge in [-0.3, -0.25) is 14.4 Å². The third-order valence-corrected chi connectivity index (χ3v) is 4.21. The van der Waals surface area contributed by atoms with Crippen molar-refractivity contribution in [2.24, 2.45) is 5.92 Å². The van der Waals surface area contributed by atoms with Crippen molar-refractivity contribution in [3.05, 3.63) is 5.32 Å². The van der Waals surface area contributed by atoms with Crippen LogP contribution in [0.3, 0.4) is 0 Å². The number of nitrogens with one attached hydrogen (secondary N) is 2. The van der Waals surface area contributed by atoms with E-state index in [1.807, 2.05) is 27.7 Å². The van der Waals surface area contributed by atoms with Crippen molar-refractivity contribution in [2.75, 3.05) is 13.1 Å². The maximum atomic E-state index is 11.7. The number of carbonyl (C=O) groups is 4. The molecular formula is C21H38N3O4Rb. The maximum Gasteiger partial charge on any atom is 1.00 e. The molecule has 2 N–H and O–H groups in total. The summed E-state index contributed by atoms with van der Waals surface area (Å²) in [4.78, 5) is 46.3. The molecule has 0 rings (SSSR count). The summed E-state index contributed by atoms with van der Waals surface area (Å²) in [5.41, 5.74) is 0. The average Bonchev–Trinajstić information content (AvgIpc) is 2.61. The summed E-state index contributed by atoms with van der Waals surface area (Å²) >= 11 is 0. The van der Waals surface area contributed by atoms with Crippen molar-refractivity contribution < 1.29 is 77.4 Å². The molecule has 0 aromatic carbocycles. The van der Waals surface area contributed by atoms with Gasteiger partial charge in [0.05, 0.1) is 12.5 Å². The molecule has 0 aliphatic carbocycles. The van der Waals surface area contributed by atoms with Gasteiger partial charge in [0.25, 0.3) is 0 Å². The molecule has 0 unspecified atom stereocenters. The molecule has 3 amide bonds. The van der Waals surface area contributed by atoms with E-state index < -0.39 is 0 Å². The van der Waals surface area contributed by atoms with E-state index >= 15 is 0 Å². The van der Waals surface area contributed by atoms with Gasteiger partial charge in [-0.15, -0.1) is 6.04 Å². The predicted octanol–water partition coefficient (Wildman–Crippen LogP) is 0.268. The molecular weight excluding hydrogens is 444 g/mol. The average molecular weight is 482 g/mol. The monoisotopic (exact) mass is 481 g/mol. The molecule has 0 aromatic rings. The summed E-state index contributed by atoms with van der Waals surface area (Å²) in [7, 11) is 0. The van der Waals surface area contributed by atoms with Crippen LogP contribution in [0.15, 0.2) is 0 Å². The van der Waals surface area contributed by atoms with Crippen LogP contribution in [0, 0.1) is 5.92 Å². The van der Waals surface area contributed by atoms with E-state index in [1.54, 1.807) is 0 Å². The summed E-state index contributed by atoms with van der Waals surface area (Å²) in [5, 5.41) is 9.32. The standard InChI is InChI=1S/C21H39N3O4.Rb/c1-16(2)18(25)11-7-5-8-12-19(26)23-15-21(28)22-14-10-6-9-13-20(27)24-17(3)4;/h16-17H,5-15H2,1-4H3,(H3,22,23,24,26,27,28);/q;+1/p-1. The molecule has 0 saturated heterocycles. The number of ketones is 1. The van der Waals surface area contributed by atoms with Crippen molar-refractivity contribution in [2.45, 2.75) is 91.5 Å². The minimum Gasteiger partial charge on any atom is -0.651 e. The molecule has 0 spiro atoms. The Bertz CT molecular complexity index is 496. The van der Waals surface area contributed by atoms with Gasteiger partial charge in [0.1, 0.15) is 5.78 Å². The van der Waals surface area contributed by atoms with Crippen LogP contribution in [0.5, 0.6) is 0 Å². The van der Waals surface area contributed by atoms with Crippen molar-refractivity contribution in [3.8, 4) is 0 Å². The molecule has 8 heteroatoms. The SMILES string of the molecule is CC(C)[N-]C(=O)CCCCCNC(=O)CNC(=O)CCCCCC(=O)C(C)C.[Rb+]. The molecule has 0 fully saturated rings. The van der Waals surface area contributed by atoms with Crippen LogP contribution in [0.25, 0.3) is 5.32 Å². The van der Waals surface area contributed by atoms with Gasteiger partial charge in [0.15, 0.2) is 0 Å². The second-order valence-electron chi connectivity index (χ2n) is 7.74. The van der Waals surface area contributed by atoms with E-state index in [1.165, 1.54) is 0 Å². The molecule has 7 nitrogen and oxygen atoms in total. The van der Waals surface area contributed by atoms with Gasteiger partial charge in [-0.05, 0) is 32.1 Å². The van der Waals surface area contributed by atoms with Gasteiger partial charge in [-0.25, -0.2) is 0 Å². The zero-order chi connectivity index (χ0) is 21.4. The minimum atomic E-state index is -0.207. The second kappa shape index (κ2) is 19.8. The Balaban J connectivity index is 0. The van der Waals surface area contributed by atoms with Crippen LogP contribution < -0.4 is 68.8 Å². The largest absolute Gasteiger partial charge is 1.00 e. The fraction of sp³-hybridized carbons (Fsp3) is 0.810. The number of rotatable bonds is 16. The number of carbonyl (C=O) groups excluding carboxylic acids is 4. The molecule has 162 valence electrons. The number of hydrogen-bond acceptors (Lipinski definition) is 4. The first-order valence-corrected chi connectivity index (χ1v) is 10.5. The Morgan fingerprint density at radius 2 is 1.31 bits per heavy atom. The summed E-state index contributed by atoms with van der Waals surface area (Å²) in [6.45, 7) is 8.06. The Morgan fingerprint density at radius 3 is 1.93 bits per heavy atom. The van der Waals surface area contributed by atoms with Gasteiger partial charge < -0.3 is 20.7 Å². The molecule has 0 saturated carbocycles. The van der Waals surface area contributed by atoms with E-state index in [2.05, 4.69) is 16.0 Å². The van der Waals surface area contributed by atoms with Crippen LogP contribution in [0.1, 0.15) is 85.5 Å². The van der Waals surface area contributed by atoms with E-state index in [4.69, 9.17) is 0 Å². The van der Waals surface area contributed by atoms with E-state index in [9.17, 15) is 19.2 Å². The van der Waals surface area contributed by atoms with Crippen LogP contribution in [0.4, 0.5) is 0 Å². The third-order valence-electron chi connectivity index (χ3n) is 4.21. The topological polar surface area (TPSA) is 106 Å². The van der Waals surface area contributed by atoms with Crippen LogP contribution in [-0.2, 0) is 19.2 Å². The smallest absolute Gasteiger partial charge is 0.651 e. The summed E-state index contributed by atoms with van der Waals surface area (Å²) in [5.74, 6) is -0.0734. The minimum absolute atomic E-state index is 0. The maximum absolute atomic E-state index is 11.7. The van der Waals surface area contributed by atoms with Crippen LogP contribution >= 0.6 is 0 Å². The zero-order valence-electron chi connectivity index (χ0n) is 19.0. The van der Waals surface area contributed by atoms with Crippen LogP contribution in [0.2, 0.25) is 0 Å². The van der Waals surface area contributed by atoms with Gasteiger partial charge in [-0.2, -0.15) is 0 Å². The molecule has 0 radical (unpaired) electrons. The van der Waals surface area contributed by atoms with E-state index in [0.717, 1.165) is 38.5 Å². The van der Waals surface area contributed by atoms with E-state index in [0.29, 0.717) is 25.8 Å². The molecule has 0 aliphatic heterocycles. The van der Waals surface area contributed by atoms with Gasteiger partial charge in [-0.1, -0.05) is 40.5 Å². The Kier molecular flexibility index (Phi) is 21.2. The first-order chi connectivity index (χ1) is 13.2. The first kappa shape index (κ1) is 31.1. The predicted molar refractivity (Wildman–Crippen MR) is 111 cm³/mol. The Labute approximate surface area is 225 Å². The fourth-order valence-corrected chi connectivity index (χ4v) is 2.54. The third kappa shape index (κ3) is 20.9. The van der Waals surface area contributed by atoms with E-state index in [-0.39, 0.29) is 100 Å². The number of hydrogen-bond donors (Lipinski definition) is 2. The molecule has 0 atom stereocenters. The summed E-state index contributed by atoms with van der Waals surface area (Å²) in [6, 6.07) is 0.0380. The molecule has 0 aliphatic rings. The zero-order valence-corrected chi connectivity index (χ0v) is 23.9. The van der Waals surface area contributed by atoms with Crippen molar-refractivity contribution in [1.29, 1.82) is 0 Å². The second-order valence-corrected chi connectivity index (χ2v) is 7.74. The number of unbranched alkanes of at least 4 members (excludes halogenated alkanes) is 4. The number of nitrogens with zero attached hydrogens (tertiary/aromatic N) is 1. The molecule has 0 aromatic heterocycles. The van der Waals surface area contributed by atoms with Gasteiger partial charge in [0, 0.05) is 25.3 Å². The summed E-state index contributed by atoms with van der Waals surface area (Å²) < 4.78 is 0. The number of amides is 3. The molecule has 0 bridgehead atoms. The van der Waals surface area contributed by atoms with Crippen molar-refractivity contribution in [1.82, 2.24) is 10.6 Å². The quantitative estimate of drug-likeness (QED) is 0.308. The summed E-state index contributed by atoms with van der Waals surface area (Å²) in [6.07, 6.45) is 6.18. The molecule has 0 heterocycles. The van der Waals surface area contributed by atoms with Gasteiger partial charge in [0.2, 0.25) is 11.8 Å². The normalized spacial score (nSPS) is 10.4. The first-order valence-electron chi connectivity index (χ1n) is 10.5. The Hall–Kier alpha value is -0.115. The van der Waals surface area contributed by atoms with Crippen LogP contribution in [-0.4, -0.2) is 42.6 Å². The van der Waals surface area contributed by atoms with Crippen molar-refractivity contribution in [3.63, 3.8) is 0 Å². The Morgan fingerprint density at radius 1 is 0.724 bits per heavy atom. The fourth-order valence-electron chi connectivity index (χ4n) is 2.54. The van der Waals surface area contributed by atoms with Crippen molar-refractivity contribution >= 4 is 23.5 Å². The van der Waals surface area contributed by atoms with Gasteiger partial charge >= 0.3 is 58.2 Å².